The molecule has 0 amide bonds. The molecule has 0 heterocycles. The first kappa shape index (κ1) is 15.4. The van der Waals surface area contributed by atoms with Gasteiger partial charge in [0.15, 0.2) is 17.8 Å². The average molecular weight is 351 g/mol. The minimum absolute atomic E-state index is 0.327. The van der Waals surface area contributed by atoms with Gasteiger partial charge in [-0.25, -0.2) is 0 Å². The van der Waals surface area contributed by atoms with Gasteiger partial charge in [-0.2, -0.15) is 0 Å². The predicted molar refractivity (Wildman–Crippen MR) is 83.4 cm³/mol. The van der Waals surface area contributed by atoms with Crippen LogP contribution < -0.4 is 14.2 Å². The maximum Gasteiger partial charge on any atom is 0.177 e. The van der Waals surface area contributed by atoms with Gasteiger partial charge in [0.25, 0.3) is 0 Å². The highest BCUT2D eigenvalue weighted by atomic mass is 79.9. The summed E-state index contributed by atoms with van der Waals surface area (Å²) >= 11 is 3.39. The zero-order chi connectivity index (χ0) is 15.2. The van der Waals surface area contributed by atoms with Crippen LogP contribution in [0.4, 0.5) is 0 Å². The number of aldehydes is 1. The van der Waals surface area contributed by atoms with Gasteiger partial charge in [-0.15, -0.1) is 0 Å². The van der Waals surface area contributed by atoms with Gasteiger partial charge in [0, 0.05) is 0 Å². The molecule has 0 aromatic heterocycles. The van der Waals surface area contributed by atoms with Crippen molar-refractivity contribution in [3.8, 4) is 17.2 Å². The van der Waals surface area contributed by atoms with Crippen LogP contribution in [0, 0.1) is 0 Å². The summed E-state index contributed by atoms with van der Waals surface area (Å²) in [6.07, 6.45) is 0.702. The number of methoxy groups -OCH3 is 2. The van der Waals surface area contributed by atoms with E-state index in [-0.39, 0.29) is 0 Å². The molecular weight excluding hydrogens is 336 g/mol. The Morgan fingerprint density at radius 3 is 2.38 bits per heavy atom. The van der Waals surface area contributed by atoms with Crippen molar-refractivity contribution in [1.82, 2.24) is 0 Å². The summed E-state index contributed by atoms with van der Waals surface area (Å²) in [5.41, 5.74) is 1.32. The molecule has 0 aliphatic rings. The molecule has 4 nitrogen and oxygen atoms in total. The number of hydrogen-bond acceptors (Lipinski definition) is 4. The van der Waals surface area contributed by atoms with Crippen molar-refractivity contribution in [3.05, 3.63) is 52.0 Å². The summed E-state index contributed by atoms with van der Waals surface area (Å²) in [7, 11) is 3.03. The topological polar surface area (TPSA) is 44.8 Å². The van der Waals surface area contributed by atoms with Crippen molar-refractivity contribution in [2.75, 3.05) is 14.2 Å². The van der Waals surface area contributed by atoms with Crippen molar-refractivity contribution in [2.45, 2.75) is 6.61 Å². The van der Waals surface area contributed by atoms with Crippen molar-refractivity contribution in [3.63, 3.8) is 0 Å². The van der Waals surface area contributed by atoms with Gasteiger partial charge in [0.2, 0.25) is 0 Å². The molecule has 0 aliphatic carbocycles. The molecule has 0 saturated heterocycles. The smallest absolute Gasteiger partial charge is 0.177 e. The number of halogens is 1. The molecule has 2 aromatic rings. The minimum atomic E-state index is 0.327. The highest BCUT2D eigenvalue weighted by molar-refractivity contribution is 9.10. The first-order chi connectivity index (χ1) is 10.2. The third-order valence-electron chi connectivity index (χ3n) is 2.96. The Kier molecular flexibility index (Phi) is 5.22. The number of hydrogen-bond donors (Lipinski definition) is 0. The van der Waals surface area contributed by atoms with Gasteiger partial charge in [-0.1, -0.05) is 30.3 Å². The number of ether oxygens (including phenoxy) is 3. The van der Waals surface area contributed by atoms with E-state index in [0.29, 0.717) is 40.2 Å². The third kappa shape index (κ3) is 3.36. The lowest BCUT2D eigenvalue weighted by Crippen LogP contribution is -2.03. The molecule has 2 aromatic carbocycles. The van der Waals surface area contributed by atoms with E-state index in [9.17, 15) is 4.79 Å². The summed E-state index contributed by atoms with van der Waals surface area (Å²) in [6.45, 7) is 0.331. The highest BCUT2D eigenvalue weighted by Gasteiger charge is 2.19. The second-order valence-electron chi connectivity index (χ2n) is 4.23. The standard InChI is InChI=1S/C16H15BrO4/c1-19-14-8-13(17)16(20-2)15(12(14)9-18)21-10-11-6-4-3-5-7-11/h3-9H,10H2,1-2H3. The SMILES string of the molecule is COc1cc(Br)c(OC)c(OCc2ccccc2)c1C=O. The van der Waals surface area contributed by atoms with Crippen LogP contribution in [-0.4, -0.2) is 20.5 Å². The first-order valence-corrected chi connectivity index (χ1v) is 7.07. The number of carbonyl (C=O) groups is 1. The van der Waals surface area contributed by atoms with Crippen LogP contribution in [-0.2, 0) is 6.61 Å². The van der Waals surface area contributed by atoms with Gasteiger partial charge in [0.1, 0.15) is 17.9 Å². The van der Waals surface area contributed by atoms with E-state index >= 15 is 0 Å². The first-order valence-electron chi connectivity index (χ1n) is 6.27. The number of rotatable bonds is 6. The molecule has 0 unspecified atom stereocenters. The molecule has 110 valence electrons. The van der Waals surface area contributed by atoms with E-state index in [2.05, 4.69) is 15.9 Å². The summed E-state index contributed by atoms with van der Waals surface area (Å²) in [6, 6.07) is 11.4. The number of carbonyl (C=O) groups excluding carboxylic acids is 1. The van der Waals surface area contributed by atoms with Gasteiger partial charge < -0.3 is 14.2 Å². The molecule has 0 radical (unpaired) electrons. The van der Waals surface area contributed by atoms with Gasteiger partial charge in [0.05, 0.1) is 18.7 Å². The monoisotopic (exact) mass is 350 g/mol. The molecular formula is C16H15BrO4. The lowest BCUT2D eigenvalue weighted by atomic mass is 10.1. The largest absolute Gasteiger partial charge is 0.496 e. The second-order valence-corrected chi connectivity index (χ2v) is 5.08. The zero-order valence-corrected chi connectivity index (χ0v) is 13.3. The summed E-state index contributed by atoms with van der Waals surface area (Å²) in [4.78, 5) is 11.4. The van der Waals surface area contributed by atoms with E-state index in [1.54, 1.807) is 6.07 Å². The molecule has 21 heavy (non-hydrogen) atoms. The molecule has 0 spiro atoms. The fourth-order valence-electron chi connectivity index (χ4n) is 1.94. The zero-order valence-electron chi connectivity index (χ0n) is 11.8. The molecule has 0 fully saturated rings. The van der Waals surface area contributed by atoms with E-state index < -0.39 is 0 Å². The van der Waals surface area contributed by atoms with Crippen LogP contribution >= 0.6 is 15.9 Å². The van der Waals surface area contributed by atoms with Crippen LogP contribution in [0.2, 0.25) is 0 Å². The maximum absolute atomic E-state index is 11.4. The van der Waals surface area contributed by atoms with Gasteiger partial charge in [-0.05, 0) is 27.6 Å². The molecule has 0 saturated carbocycles. The van der Waals surface area contributed by atoms with Crippen molar-refractivity contribution < 1.29 is 19.0 Å². The predicted octanol–water partition coefficient (Wildman–Crippen LogP) is 3.86. The Bertz CT molecular complexity index is 626. The molecule has 0 aliphatic heterocycles. The van der Waals surface area contributed by atoms with Crippen molar-refractivity contribution in [2.24, 2.45) is 0 Å². The lowest BCUT2D eigenvalue weighted by molar-refractivity contribution is 0.111. The quantitative estimate of drug-likeness (QED) is 0.742. The maximum atomic E-state index is 11.4. The van der Waals surface area contributed by atoms with E-state index in [1.165, 1.54) is 14.2 Å². The highest BCUT2D eigenvalue weighted by Crippen LogP contribution is 2.43. The summed E-state index contributed by atoms with van der Waals surface area (Å²) in [5.74, 6) is 1.26. The number of benzene rings is 2. The van der Waals surface area contributed by atoms with E-state index in [1.807, 2.05) is 30.3 Å². The third-order valence-corrected chi connectivity index (χ3v) is 3.55. The molecule has 0 bridgehead atoms. The molecule has 5 heteroatoms. The van der Waals surface area contributed by atoms with Crippen molar-refractivity contribution in [1.29, 1.82) is 0 Å². The summed E-state index contributed by atoms with van der Waals surface area (Å²) < 4.78 is 17.0. The minimum Gasteiger partial charge on any atom is -0.496 e. The average Bonchev–Trinajstić information content (AvgIpc) is 2.53. The van der Waals surface area contributed by atoms with Crippen LogP contribution in [0.25, 0.3) is 0 Å². The normalized spacial score (nSPS) is 10.0. The van der Waals surface area contributed by atoms with Gasteiger partial charge in [-0.3, -0.25) is 4.79 Å². The second kappa shape index (κ2) is 7.13. The van der Waals surface area contributed by atoms with Crippen LogP contribution in [0.1, 0.15) is 15.9 Å². The Hall–Kier alpha value is -2.01. The van der Waals surface area contributed by atoms with Gasteiger partial charge >= 0.3 is 0 Å². The van der Waals surface area contributed by atoms with Crippen LogP contribution in [0.3, 0.4) is 0 Å². The van der Waals surface area contributed by atoms with E-state index in [0.717, 1.165) is 5.56 Å². The van der Waals surface area contributed by atoms with Crippen molar-refractivity contribution >= 4 is 22.2 Å². The Morgan fingerprint density at radius 1 is 1.10 bits per heavy atom. The Balaban J connectivity index is 2.40. The fourth-order valence-corrected chi connectivity index (χ4v) is 2.49. The summed E-state index contributed by atoms with van der Waals surface area (Å²) in [5, 5.41) is 0. The van der Waals surface area contributed by atoms with Crippen LogP contribution in [0.5, 0.6) is 17.2 Å². The van der Waals surface area contributed by atoms with E-state index in [4.69, 9.17) is 14.2 Å². The Labute approximate surface area is 131 Å². The fraction of sp³-hybridized carbons (Fsp3) is 0.188. The molecule has 0 atom stereocenters. The lowest BCUT2D eigenvalue weighted by Gasteiger charge is -2.16. The molecule has 0 N–H and O–H groups in total. The molecule has 2 rings (SSSR count). The van der Waals surface area contributed by atoms with Crippen LogP contribution in [0.15, 0.2) is 40.9 Å². The Morgan fingerprint density at radius 2 is 1.81 bits per heavy atom.